The SMILES string of the molecule is CCn1nc(C)c2nc(CCl)n(CCOC3CCCC3)c21. The highest BCUT2D eigenvalue weighted by atomic mass is 35.5. The van der Waals surface area contributed by atoms with Crippen molar-refractivity contribution in [2.75, 3.05) is 6.61 Å². The van der Waals surface area contributed by atoms with Gasteiger partial charge in [-0.15, -0.1) is 11.6 Å². The van der Waals surface area contributed by atoms with Crippen LogP contribution in [0, 0.1) is 6.92 Å². The second-order valence-electron chi connectivity index (χ2n) is 5.66. The maximum absolute atomic E-state index is 6.06. The minimum Gasteiger partial charge on any atom is -0.376 e. The van der Waals surface area contributed by atoms with Gasteiger partial charge < -0.3 is 9.30 Å². The highest BCUT2D eigenvalue weighted by Crippen LogP contribution is 2.23. The van der Waals surface area contributed by atoms with Gasteiger partial charge in [0.2, 0.25) is 0 Å². The van der Waals surface area contributed by atoms with Crippen molar-refractivity contribution >= 4 is 22.8 Å². The molecule has 1 aliphatic rings. The van der Waals surface area contributed by atoms with Gasteiger partial charge in [-0.1, -0.05) is 12.8 Å². The lowest BCUT2D eigenvalue weighted by Gasteiger charge is -2.13. The van der Waals surface area contributed by atoms with Gasteiger partial charge in [0.25, 0.3) is 0 Å². The first-order valence-corrected chi connectivity index (χ1v) is 8.38. The molecule has 0 unspecified atom stereocenters. The molecule has 0 atom stereocenters. The standard InChI is InChI=1S/C15H23ClN4O/c1-3-20-15-14(11(2)18-20)17-13(10-16)19(15)8-9-21-12-6-4-5-7-12/h12H,3-10H2,1-2H3. The summed E-state index contributed by atoms with van der Waals surface area (Å²) >= 11 is 6.06. The van der Waals surface area contributed by atoms with Gasteiger partial charge in [0.15, 0.2) is 5.65 Å². The Kier molecular flexibility index (Phi) is 4.50. The summed E-state index contributed by atoms with van der Waals surface area (Å²) < 4.78 is 10.2. The van der Waals surface area contributed by atoms with Crippen molar-refractivity contribution in [3.63, 3.8) is 0 Å². The molecule has 0 aliphatic heterocycles. The number of aryl methyl sites for hydroxylation is 2. The molecule has 0 radical (unpaired) electrons. The van der Waals surface area contributed by atoms with Gasteiger partial charge in [-0.05, 0) is 26.7 Å². The van der Waals surface area contributed by atoms with Crippen molar-refractivity contribution < 1.29 is 4.74 Å². The van der Waals surface area contributed by atoms with Crippen LogP contribution in [0.3, 0.4) is 0 Å². The zero-order chi connectivity index (χ0) is 14.8. The second-order valence-corrected chi connectivity index (χ2v) is 5.93. The van der Waals surface area contributed by atoms with Gasteiger partial charge in [0, 0.05) is 13.1 Å². The van der Waals surface area contributed by atoms with Crippen molar-refractivity contribution in [3.8, 4) is 0 Å². The lowest BCUT2D eigenvalue weighted by molar-refractivity contribution is 0.0530. The average Bonchev–Trinajstić information content (AvgIpc) is 3.17. The minimum absolute atomic E-state index is 0.418. The molecule has 116 valence electrons. The molecule has 1 aliphatic carbocycles. The highest BCUT2D eigenvalue weighted by molar-refractivity contribution is 6.16. The molecule has 2 aromatic rings. The first-order chi connectivity index (χ1) is 10.2. The molecule has 3 rings (SSSR count). The largest absolute Gasteiger partial charge is 0.376 e. The summed E-state index contributed by atoms with van der Waals surface area (Å²) in [5.41, 5.74) is 3.00. The van der Waals surface area contributed by atoms with Crippen LogP contribution < -0.4 is 0 Å². The summed E-state index contributed by atoms with van der Waals surface area (Å²) in [6, 6.07) is 0. The van der Waals surface area contributed by atoms with Crippen molar-refractivity contribution in [1.82, 2.24) is 19.3 Å². The summed E-state index contributed by atoms with van der Waals surface area (Å²) in [4.78, 5) is 4.64. The third-order valence-corrected chi connectivity index (χ3v) is 4.51. The number of halogens is 1. The number of alkyl halides is 1. The van der Waals surface area contributed by atoms with Gasteiger partial charge in [0.1, 0.15) is 11.3 Å². The molecule has 0 aromatic carbocycles. The van der Waals surface area contributed by atoms with E-state index in [1.54, 1.807) is 0 Å². The van der Waals surface area contributed by atoms with E-state index in [0.717, 1.165) is 35.8 Å². The molecule has 0 saturated heterocycles. The van der Waals surface area contributed by atoms with Crippen LogP contribution in [-0.2, 0) is 23.7 Å². The Morgan fingerprint density at radius 2 is 2.10 bits per heavy atom. The number of nitrogens with zero attached hydrogens (tertiary/aromatic N) is 4. The van der Waals surface area contributed by atoms with Gasteiger partial charge in [-0.2, -0.15) is 5.10 Å². The summed E-state index contributed by atoms with van der Waals surface area (Å²) in [6.45, 7) is 6.44. The van der Waals surface area contributed by atoms with Gasteiger partial charge in [-0.3, -0.25) is 0 Å². The summed E-state index contributed by atoms with van der Waals surface area (Å²) in [5.74, 6) is 1.32. The van der Waals surface area contributed by atoms with E-state index in [4.69, 9.17) is 16.3 Å². The van der Waals surface area contributed by atoms with Crippen LogP contribution in [0.1, 0.15) is 44.1 Å². The molecule has 21 heavy (non-hydrogen) atoms. The van der Waals surface area contributed by atoms with Gasteiger partial charge in [-0.25, -0.2) is 9.67 Å². The molecule has 1 fully saturated rings. The third kappa shape index (κ3) is 2.81. The number of hydrogen-bond acceptors (Lipinski definition) is 3. The molecule has 0 bridgehead atoms. The fraction of sp³-hybridized carbons (Fsp3) is 0.733. The average molecular weight is 311 g/mol. The van der Waals surface area contributed by atoms with Crippen molar-refractivity contribution in [2.45, 2.75) is 64.6 Å². The van der Waals surface area contributed by atoms with E-state index < -0.39 is 0 Å². The molecular weight excluding hydrogens is 288 g/mol. The molecule has 2 aromatic heterocycles. The second kappa shape index (κ2) is 6.36. The predicted molar refractivity (Wildman–Crippen MR) is 83.7 cm³/mol. The molecule has 1 saturated carbocycles. The number of rotatable bonds is 6. The van der Waals surface area contributed by atoms with Crippen molar-refractivity contribution in [3.05, 3.63) is 11.5 Å². The number of fused-ring (bicyclic) bond motifs is 1. The molecule has 0 amide bonds. The topological polar surface area (TPSA) is 44.9 Å². The first-order valence-electron chi connectivity index (χ1n) is 7.84. The lowest BCUT2D eigenvalue weighted by atomic mass is 10.3. The minimum atomic E-state index is 0.418. The van der Waals surface area contributed by atoms with Crippen LogP contribution in [0.2, 0.25) is 0 Å². The fourth-order valence-electron chi connectivity index (χ4n) is 3.19. The Bertz CT molecular complexity index is 613. The monoisotopic (exact) mass is 310 g/mol. The molecular formula is C15H23ClN4O. The molecule has 2 heterocycles. The Balaban J connectivity index is 1.81. The predicted octanol–water partition coefficient (Wildman–Crippen LogP) is 3.26. The Labute approximate surface area is 130 Å². The normalized spacial score (nSPS) is 16.3. The Morgan fingerprint density at radius 1 is 1.33 bits per heavy atom. The van der Waals surface area contributed by atoms with Crippen LogP contribution in [-0.4, -0.2) is 32.0 Å². The lowest BCUT2D eigenvalue weighted by Crippen LogP contribution is -2.15. The summed E-state index contributed by atoms with van der Waals surface area (Å²) in [5, 5.41) is 4.54. The van der Waals surface area contributed by atoms with E-state index in [-0.39, 0.29) is 0 Å². The summed E-state index contributed by atoms with van der Waals surface area (Å²) in [7, 11) is 0. The third-order valence-electron chi connectivity index (χ3n) is 4.27. The zero-order valence-corrected chi connectivity index (χ0v) is 13.6. The fourth-order valence-corrected chi connectivity index (χ4v) is 3.40. The van der Waals surface area contributed by atoms with E-state index in [1.807, 2.05) is 11.6 Å². The highest BCUT2D eigenvalue weighted by Gasteiger charge is 2.19. The Hall–Kier alpha value is -1.07. The van der Waals surface area contributed by atoms with E-state index in [1.165, 1.54) is 25.7 Å². The van der Waals surface area contributed by atoms with Crippen LogP contribution in [0.15, 0.2) is 0 Å². The first kappa shape index (κ1) is 14.9. The number of hydrogen-bond donors (Lipinski definition) is 0. The van der Waals surface area contributed by atoms with Crippen molar-refractivity contribution in [1.29, 1.82) is 0 Å². The number of imidazole rings is 1. The maximum Gasteiger partial charge on any atom is 0.159 e. The zero-order valence-electron chi connectivity index (χ0n) is 12.8. The van der Waals surface area contributed by atoms with Crippen LogP contribution in [0.4, 0.5) is 0 Å². The smallest absolute Gasteiger partial charge is 0.159 e. The summed E-state index contributed by atoms with van der Waals surface area (Å²) in [6.07, 6.45) is 5.45. The Morgan fingerprint density at radius 3 is 2.76 bits per heavy atom. The quantitative estimate of drug-likeness (QED) is 0.769. The molecule has 5 nitrogen and oxygen atoms in total. The van der Waals surface area contributed by atoms with E-state index >= 15 is 0 Å². The van der Waals surface area contributed by atoms with Crippen LogP contribution in [0.5, 0.6) is 0 Å². The van der Waals surface area contributed by atoms with Crippen molar-refractivity contribution in [2.24, 2.45) is 0 Å². The van der Waals surface area contributed by atoms with E-state index in [2.05, 4.69) is 21.6 Å². The van der Waals surface area contributed by atoms with Crippen LogP contribution in [0.25, 0.3) is 11.2 Å². The number of aromatic nitrogens is 4. The number of ether oxygens (including phenoxy) is 1. The van der Waals surface area contributed by atoms with E-state index in [0.29, 0.717) is 18.6 Å². The molecule has 0 spiro atoms. The van der Waals surface area contributed by atoms with Gasteiger partial charge in [0.05, 0.1) is 24.3 Å². The van der Waals surface area contributed by atoms with Gasteiger partial charge >= 0.3 is 0 Å². The molecule has 0 N–H and O–H groups in total. The van der Waals surface area contributed by atoms with E-state index in [9.17, 15) is 0 Å². The molecule has 6 heteroatoms. The maximum atomic E-state index is 6.06. The van der Waals surface area contributed by atoms with Crippen LogP contribution >= 0.6 is 11.6 Å².